The molecule has 0 bridgehead atoms. The van der Waals surface area contributed by atoms with E-state index in [1.165, 1.54) is 0 Å². The molecule has 5 nitrogen and oxygen atoms in total. The fraction of sp³-hybridized carbons (Fsp3) is 0.286. The van der Waals surface area contributed by atoms with Crippen molar-refractivity contribution in [1.29, 1.82) is 0 Å². The van der Waals surface area contributed by atoms with Crippen molar-refractivity contribution in [3.63, 3.8) is 0 Å². The molecule has 0 aliphatic heterocycles. The van der Waals surface area contributed by atoms with E-state index in [0.29, 0.717) is 10.6 Å². The summed E-state index contributed by atoms with van der Waals surface area (Å²) < 4.78 is 27.5. The van der Waals surface area contributed by atoms with Crippen LogP contribution in [0.15, 0.2) is 34.5 Å². The van der Waals surface area contributed by atoms with Gasteiger partial charge in [0, 0.05) is 24.7 Å². The molecule has 0 atom stereocenters. The van der Waals surface area contributed by atoms with Gasteiger partial charge in [0.1, 0.15) is 4.21 Å². The lowest BCUT2D eigenvalue weighted by Gasteiger charge is -2.14. The minimum atomic E-state index is -3.63. The van der Waals surface area contributed by atoms with Crippen LogP contribution in [-0.4, -0.2) is 27.6 Å². The molecule has 0 saturated carbocycles. The Labute approximate surface area is 128 Å². The molecule has 0 spiro atoms. The van der Waals surface area contributed by atoms with Crippen LogP contribution in [0, 0.1) is 6.92 Å². The highest BCUT2D eigenvalue weighted by Crippen LogP contribution is 2.28. The first-order valence-corrected chi connectivity index (χ1v) is 8.64. The number of aliphatic hydroxyl groups excluding tert-OH is 1. The van der Waals surface area contributed by atoms with Crippen LogP contribution in [0.5, 0.6) is 0 Å². The van der Waals surface area contributed by atoms with Crippen molar-refractivity contribution < 1.29 is 13.5 Å². The second-order valence-corrected chi connectivity index (χ2v) is 7.93. The number of anilines is 2. The lowest BCUT2D eigenvalue weighted by Crippen LogP contribution is -2.13. The van der Waals surface area contributed by atoms with Crippen LogP contribution < -0.4 is 9.62 Å². The van der Waals surface area contributed by atoms with Crippen molar-refractivity contribution in [1.82, 2.24) is 0 Å². The molecule has 2 aromatic rings. The first-order valence-electron chi connectivity index (χ1n) is 6.34. The molecule has 2 rings (SSSR count). The number of benzene rings is 1. The van der Waals surface area contributed by atoms with E-state index in [9.17, 15) is 13.5 Å². The molecular formula is C14H18N2O3S2. The topological polar surface area (TPSA) is 69.6 Å². The predicted octanol–water partition coefficient (Wildman–Crippen LogP) is 2.42. The van der Waals surface area contributed by atoms with Crippen LogP contribution in [0.1, 0.15) is 10.4 Å². The fourth-order valence-corrected chi connectivity index (χ4v) is 4.33. The third kappa shape index (κ3) is 3.55. The van der Waals surface area contributed by atoms with Gasteiger partial charge in [0.25, 0.3) is 10.0 Å². The molecule has 7 heteroatoms. The van der Waals surface area contributed by atoms with Gasteiger partial charge in [-0.1, -0.05) is 6.07 Å². The van der Waals surface area contributed by atoms with Crippen LogP contribution in [0.4, 0.5) is 11.4 Å². The highest BCUT2D eigenvalue weighted by atomic mass is 32.2. The molecule has 0 radical (unpaired) electrons. The minimum Gasteiger partial charge on any atom is -0.391 e. The van der Waals surface area contributed by atoms with Crippen LogP contribution in [-0.2, 0) is 16.6 Å². The Balaban J connectivity index is 2.30. The van der Waals surface area contributed by atoms with Gasteiger partial charge in [0.2, 0.25) is 0 Å². The Hall–Kier alpha value is -1.57. The maximum Gasteiger partial charge on any atom is 0.271 e. The zero-order chi connectivity index (χ0) is 15.6. The van der Waals surface area contributed by atoms with Crippen LogP contribution >= 0.6 is 11.3 Å². The Morgan fingerprint density at radius 3 is 2.57 bits per heavy atom. The number of nitrogens with zero attached hydrogens (tertiary/aromatic N) is 1. The van der Waals surface area contributed by atoms with Crippen molar-refractivity contribution in [2.24, 2.45) is 0 Å². The zero-order valence-electron chi connectivity index (χ0n) is 12.1. The predicted molar refractivity (Wildman–Crippen MR) is 86.6 cm³/mol. The second-order valence-electron chi connectivity index (χ2n) is 4.88. The molecule has 1 aromatic heterocycles. The standard InChI is InChI=1S/C14H18N2O3S2/c1-10-7-14(20-13(10)9-17)21(18,19)15-11-5-4-6-12(8-11)16(2)3/h4-8,15,17H,9H2,1-3H3. The first kappa shape index (κ1) is 15.8. The summed E-state index contributed by atoms with van der Waals surface area (Å²) in [5.74, 6) is 0. The molecule has 0 amide bonds. The lowest BCUT2D eigenvalue weighted by molar-refractivity contribution is 0.285. The molecule has 0 fully saturated rings. The summed E-state index contributed by atoms with van der Waals surface area (Å²) in [6.07, 6.45) is 0. The van der Waals surface area contributed by atoms with Gasteiger partial charge in [-0.15, -0.1) is 11.3 Å². The molecule has 0 unspecified atom stereocenters. The van der Waals surface area contributed by atoms with E-state index < -0.39 is 10.0 Å². The molecule has 21 heavy (non-hydrogen) atoms. The van der Waals surface area contributed by atoms with Crippen molar-refractivity contribution in [2.45, 2.75) is 17.7 Å². The summed E-state index contributed by atoms with van der Waals surface area (Å²) >= 11 is 1.09. The molecule has 0 aliphatic carbocycles. The van der Waals surface area contributed by atoms with E-state index in [0.717, 1.165) is 22.6 Å². The quantitative estimate of drug-likeness (QED) is 0.885. The summed E-state index contributed by atoms with van der Waals surface area (Å²) in [4.78, 5) is 2.56. The number of sulfonamides is 1. The number of aliphatic hydroxyl groups is 1. The SMILES string of the molecule is Cc1cc(S(=O)(=O)Nc2cccc(N(C)C)c2)sc1CO. The summed E-state index contributed by atoms with van der Waals surface area (Å²) in [6.45, 7) is 1.63. The smallest absolute Gasteiger partial charge is 0.271 e. The van der Waals surface area contributed by atoms with Gasteiger partial charge in [-0.2, -0.15) is 0 Å². The molecule has 1 aromatic carbocycles. The average molecular weight is 326 g/mol. The Morgan fingerprint density at radius 1 is 1.29 bits per heavy atom. The molecule has 0 aliphatic rings. The summed E-state index contributed by atoms with van der Waals surface area (Å²) in [5.41, 5.74) is 2.20. The number of rotatable bonds is 5. The first-order chi connectivity index (χ1) is 9.83. The second kappa shape index (κ2) is 6.05. The molecular weight excluding hydrogens is 308 g/mol. The minimum absolute atomic E-state index is 0.151. The van der Waals surface area contributed by atoms with Gasteiger partial charge in [-0.3, -0.25) is 4.72 Å². The Bertz CT molecular complexity index is 736. The van der Waals surface area contributed by atoms with E-state index in [2.05, 4.69) is 4.72 Å². The van der Waals surface area contributed by atoms with Gasteiger partial charge in [-0.25, -0.2) is 8.42 Å². The van der Waals surface area contributed by atoms with Gasteiger partial charge in [0.15, 0.2) is 0 Å². The van der Waals surface area contributed by atoms with E-state index in [1.807, 2.05) is 25.1 Å². The van der Waals surface area contributed by atoms with E-state index in [-0.39, 0.29) is 10.8 Å². The maximum atomic E-state index is 12.4. The number of nitrogens with one attached hydrogen (secondary N) is 1. The van der Waals surface area contributed by atoms with Gasteiger partial charge < -0.3 is 10.0 Å². The number of thiophene rings is 1. The Morgan fingerprint density at radius 2 is 2.00 bits per heavy atom. The molecule has 1 heterocycles. The van der Waals surface area contributed by atoms with E-state index in [1.54, 1.807) is 31.2 Å². The highest BCUT2D eigenvalue weighted by molar-refractivity contribution is 7.94. The highest BCUT2D eigenvalue weighted by Gasteiger charge is 2.19. The summed E-state index contributed by atoms with van der Waals surface area (Å²) in [6, 6.07) is 8.75. The number of aryl methyl sites for hydroxylation is 1. The lowest BCUT2D eigenvalue weighted by atomic mass is 10.3. The van der Waals surface area contributed by atoms with Crippen molar-refractivity contribution in [3.05, 3.63) is 40.8 Å². The maximum absolute atomic E-state index is 12.4. The van der Waals surface area contributed by atoms with Gasteiger partial charge in [-0.05, 0) is 36.8 Å². The van der Waals surface area contributed by atoms with Gasteiger partial charge >= 0.3 is 0 Å². The number of hydrogen-bond acceptors (Lipinski definition) is 5. The largest absolute Gasteiger partial charge is 0.391 e. The monoisotopic (exact) mass is 326 g/mol. The molecule has 114 valence electrons. The van der Waals surface area contributed by atoms with Crippen LogP contribution in [0.25, 0.3) is 0 Å². The van der Waals surface area contributed by atoms with Crippen molar-refractivity contribution >= 4 is 32.7 Å². The van der Waals surface area contributed by atoms with Crippen molar-refractivity contribution in [3.8, 4) is 0 Å². The van der Waals surface area contributed by atoms with Crippen LogP contribution in [0.2, 0.25) is 0 Å². The van der Waals surface area contributed by atoms with Gasteiger partial charge in [0.05, 0.1) is 12.3 Å². The zero-order valence-corrected chi connectivity index (χ0v) is 13.8. The van der Waals surface area contributed by atoms with Crippen LogP contribution in [0.3, 0.4) is 0 Å². The van der Waals surface area contributed by atoms with E-state index in [4.69, 9.17) is 0 Å². The molecule has 2 N–H and O–H groups in total. The van der Waals surface area contributed by atoms with Crippen molar-refractivity contribution in [2.75, 3.05) is 23.7 Å². The fourth-order valence-electron chi connectivity index (χ4n) is 1.83. The summed E-state index contributed by atoms with van der Waals surface area (Å²) in [5, 5.41) is 9.17. The third-order valence-electron chi connectivity index (χ3n) is 3.02. The third-order valence-corrected chi connectivity index (χ3v) is 6.10. The number of hydrogen-bond donors (Lipinski definition) is 2. The Kier molecular flexibility index (Phi) is 4.55. The average Bonchev–Trinajstić information content (AvgIpc) is 2.80. The molecule has 0 saturated heterocycles. The normalized spacial score (nSPS) is 11.4. The van der Waals surface area contributed by atoms with E-state index >= 15 is 0 Å². The summed E-state index contributed by atoms with van der Waals surface area (Å²) in [7, 11) is 0.157.